The normalized spacial score (nSPS) is 16.1. The molecule has 20 heavy (non-hydrogen) atoms. The average molecular weight is 281 g/mol. The number of methoxy groups -OCH3 is 2. The third kappa shape index (κ3) is 4.83. The Labute approximate surface area is 122 Å². The zero-order valence-corrected chi connectivity index (χ0v) is 13.0. The maximum atomic E-state index is 6.23. The van der Waals surface area contributed by atoms with E-state index in [2.05, 4.69) is 16.8 Å². The smallest absolute Gasteiger partial charge is 0.0615 e. The molecule has 0 amide bonds. The molecule has 1 heterocycles. The lowest BCUT2D eigenvalue weighted by Crippen LogP contribution is -2.47. The highest BCUT2D eigenvalue weighted by molar-refractivity contribution is 5.17. The Kier molecular flexibility index (Phi) is 7.69. The van der Waals surface area contributed by atoms with E-state index in [1.807, 2.05) is 19.1 Å². The van der Waals surface area contributed by atoms with Crippen molar-refractivity contribution in [1.82, 2.24) is 9.88 Å². The molecule has 1 aromatic rings. The van der Waals surface area contributed by atoms with E-state index in [1.165, 1.54) is 5.56 Å². The summed E-state index contributed by atoms with van der Waals surface area (Å²) < 4.78 is 10.5. The predicted molar refractivity (Wildman–Crippen MR) is 80.5 cm³/mol. The molecule has 3 unspecified atom stereocenters. The molecule has 0 fully saturated rings. The first kappa shape index (κ1) is 17.0. The molecule has 0 aliphatic heterocycles. The van der Waals surface area contributed by atoms with Gasteiger partial charge in [0, 0.05) is 45.2 Å². The molecule has 5 heteroatoms. The van der Waals surface area contributed by atoms with Crippen LogP contribution < -0.4 is 5.73 Å². The van der Waals surface area contributed by atoms with Crippen LogP contribution in [-0.2, 0) is 9.47 Å². The Morgan fingerprint density at radius 1 is 1.20 bits per heavy atom. The summed E-state index contributed by atoms with van der Waals surface area (Å²) >= 11 is 0. The van der Waals surface area contributed by atoms with Crippen LogP contribution in [0.25, 0.3) is 0 Å². The Morgan fingerprint density at radius 3 is 2.35 bits per heavy atom. The molecule has 3 atom stereocenters. The van der Waals surface area contributed by atoms with Crippen LogP contribution in [0.2, 0.25) is 0 Å². The van der Waals surface area contributed by atoms with Gasteiger partial charge in [-0.15, -0.1) is 0 Å². The van der Waals surface area contributed by atoms with Gasteiger partial charge in [0.2, 0.25) is 0 Å². The number of nitrogens with zero attached hydrogens (tertiary/aromatic N) is 2. The third-order valence-electron chi connectivity index (χ3n) is 3.43. The lowest BCUT2D eigenvalue weighted by Gasteiger charge is -2.38. The highest BCUT2D eigenvalue weighted by atomic mass is 16.5. The lowest BCUT2D eigenvalue weighted by atomic mass is 9.98. The summed E-state index contributed by atoms with van der Waals surface area (Å²) in [6.45, 7) is 6.33. The fourth-order valence-electron chi connectivity index (χ4n) is 2.52. The van der Waals surface area contributed by atoms with Gasteiger partial charge in [-0.2, -0.15) is 0 Å². The highest BCUT2D eigenvalue weighted by Crippen LogP contribution is 2.25. The van der Waals surface area contributed by atoms with Crippen LogP contribution in [0.1, 0.15) is 25.5 Å². The van der Waals surface area contributed by atoms with Gasteiger partial charge >= 0.3 is 0 Å². The van der Waals surface area contributed by atoms with Crippen molar-refractivity contribution in [1.29, 1.82) is 0 Å². The minimum atomic E-state index is 0.00793. The molecule has 0 saturated carbocycles. The summed E-state index contributed by atoms with van der Waals surface area (Å²) in [5, 5.41) is 0. The molecule has 0 aromatic carbocycles. The highest BCUT2D eigenvalue weighted by Gasteiger charge is 2.27. The molecule has 0 aliphatic carbocycles. The second-order valence-corrected chi connectivity index (χ2v) is 5.12. The molecule has 2 N–H and O–H groups in total. The van der Waals surface area contributed by atoms with Crippen molar-refractivity contribution in [2.24, 2.45) is 5.73 Å². The second-order valence-electron chi connectivity index (χ2n) is 5.12. The molecule has 1 aromatic heterocycles. The fraction of sp³-hybridized carbons (Fsp3) is 0.667. The van der Waals surface area contributed by atoms with Crippen LogP contribution in [0.4, 0.5) is 0 Å². The average Bonchev–Trinajstić information content (AvgIpc) is 2.44. The first-order valence-electron chi connectivity index (χ1n) is 7.01. The molecule has 5 nitrogen and oxygen atoms in total. The van der Waals surface area contributed by atoms with Gasteiger partial charge < -0.3 is 15.2 Å². The van der Waals surface area contributed by atoms with Crippen LogP contribution >= 0.6 is 0 Å². The summed E-state index contributed by atoms with van der Waals surface area (Å²) in [7, 11) is 3.44. The van der Waals surface area contributed by atoms with Gasteiger partial charge in [-0.1, -0.05) is 0 Å². The fourth-order valence-corrected chi connectivity index (χ4v) is 2.52. The van der Waals surface area contributed by atoms with Gasteiger partial charge in [-0.25, -0.2) is 0 Å². The molecule has 0 bridgehead atoms. The maximum absolute atomic E-state index is 6.23. The lowest BCUT2D eigenvalue weighted by molar-refractivity contribution is 0.0400. The van der Waals surface area contributed by atoms with Crippen molar-refractivity contribution in [3.8, 4) is 0 Å². The zero-order valence-electron chi connectivity index (χ0n) is 13.0. The first-order valence-corrected chi connectivity index (χ1v) is 7.01. The van der Waals surface area contributed by atoms with Crippen molar-refractivity contribution in [3.05, 3.63) is 30.1 Å². The van der Waals surface area contributed by atoms with Gasteiger partial charge in [-0.3, -0.25) is 9.88 Å². The molecule has 0 spiro atoms. The van der Waals surface area contributed by atoms with E-state index in [4.69, 9.17) is 15.2 Å². The summed E-state index contributed by atoms with van der Waals surface area (Å²) in [6.07, 6.45) is 3.61. The summed E-state index contributed by atoms with van der Waals surface area (Å²) in [5.41, 5.74) is 7.41. The van der Waals surface area contributed by atoms with E-state index < -0.39 is 0 Å². The van der Waals surface area contributed by atoms with Crippen molar-refractivity contribution >= 4 is 0 Å². The van der Waals surface area contributed by atoms with Crippen LogP contribution in [0, 0.1) is 0 Å². The molecule has 0 radical (unpaired) electrons. The number of rotatable bonds is 9. The minimum Gasteiger partial charge on any atom is -0.383 e. The van der Waals surface area contributed by atoms with Gasteiger partial charge in [0.25, 0.3) is 0 Å². The summed E-state index contributed by atoms with van der Waals surface area (Å²) in [5.74, 6) is 0. The largest absolute Gasteiger partial charge is 0.383 e. The van der Waals surface area contributed by atoms with Crippen LogP contribution in [0.5, 0.6) is 0 Å². The Morgan fingerprint density at radius 2 is 1.85 bits per heavy atom. The molecule has 1 rings (SSSR count). The summed E-state index contributed by atoms with van der Waals surface area (Å²) in [4.78, 5) is 6.42. The third-order valence-corrected chi connectivity index (χ3v) is 3.43. The van der Waals surface area contributed by atoms with E-state index in [0.29, 0.717) is 13.2 Å². The number of hydrogen-bond donors (Lipinski definition) is 1. The molecule has 114 valence electrons. The quantitative estimate of drug-likeness (QED) is 0.742. The molecule has 0 aliphatic rings. The van der Waals surface area contributed by atoms with Gasteiger partial charge in [0.1, 0.15) is 0 Å². The summed E-state index contributed by atoms with van der Waals surface area (Å²) in [6, 6.07) is 4.44. The van der Waals surface area contributed by atoms with E-state index in [9.17, 15) is 0 Å². The Bertz CT molecular complexity index is 359. The van der Waals surface area contributed by atoms with Crippen molar-refractivity contribution in [2.45, 2.75) is 32.0 Å². The van der Waals surface area contributed by atoms with E-state index >= 15 is 0 Å². The van der Waals surface area contributed by atoms with Gasteiger partial charge in [0.05, 0.1) is 19.3 Å². The van der Waals surface area contributed by atoms with Crippen LogP contribution in [0.3, 0.4) is 0 Å². The van der Waals surface area contributed by atoms with Crippen LogP contribution in [-0.4, -0.2) is 55.9 Å². The topological polar surface area (TPSA) is 60.6 Å². The van der Waals surface area contributed by atoms with Crippen molar-refractivity contribution in [2.75, 3.05) is 34.0 Å². The van der Waals surface area contributed by atoms with Gasteiger partial charge in [-0.05, 0) is 31.5 Å². The van der Waals surface area contributed by atoms with Crippen molar-refractivity contribution in [3.63, 3.8) is 0 Å². The number of nitrogens with two attached hydrogens (primary N) is 1. The van der Waals surface area contributed by atoms with E-state index in [-0.39, 0.29) is 18.1 Å². The maximum Gasteiger partial charge on any atom is 0.0615 e. The Balaban J connectivity index is 2.98. The standard InChI is InChI=1S/C15H27N3O2/c1-12(11-20-4)18(9-10-19-3)15(13(2)16)14-5-7-17-8-6-14/h5-8,12-13,15H,9-11,16H2,1-4H3. The van der Waals surface area contributed by atoms with Crippen molar-refractivity contribution < 1.29 is 9.47 Å². The number of hydrogen-bond acceptors (Lipinski definition) is 5. The monoisotopic (exact) mass is 281 g/mol. The SMILES string of the molecule is COCCN(C(C)COC)C(c1ccncc1)C(C)N. The van der Waals surface area contributed by atoms with Crippen LogP contribution in [0.15, 0.2) is 24.5 Å². The molecular weight excluding hydrogens is 254 g/mol. The minimum absolute atomic E-state index is 0.00793. The Hall–Kier alpha value is -1.01. The first-order chi connectivity index (χ1) is 9.61. The zero-order chi connectivity index (χ0) is 15.0. The van der Waals surface area contributed by atoms with E-state index in [0.717, 1.165) is 6.54 Å². The molecule has 0 saturated heterocycles. The van der Waals surface area contributed by atoms with E-state index in [1.54, 1.807) is 26.6 Å². The number of ether oxygens (including phenoxy) is 2. The number of pyridine rings is 1. The number of aromatic nitrogens is 1. The predicted octanol–water partition coefficient (Wildman–Crippen LogP) is 1.45. The van der Waals surface area contributed by atoms with Gasteiger partial charge in [0.15, 0.2) is 0 Å². The molecular formula is C15H27N3O2. The second kappa shape index (κ2) is 9.02.